The molecule has 0 spiro atoms. The summed E-state index contributed by atoms with van der Waals surface area (Å²) in [4.78, 5) is 11.9. The van der Waals surface area contributed by atoms with Gasteiger partial charge in [-0.2, -0.15) is 0 Å². The normalized spacial score (nSPS) is 10.9. The molecule has 0 fully saturated rings. The number of carbonyl (C=O) groups is 1. The van der Waals surface area contributed by atoms with E-state index in [1.165, 1.54) is 0 Å². The van der Waals surface area contributed by atoms with Crippen molar-refractivity contribution in [3.8, 4) is 5.75 Å². The van der Waals surface area contributed by atoms with Gasteiger partial charge in [0.25, 0.3) is 5.91 Å². The van der Waals surface area contributed by atoms with Gasteiger partial charge in [0.05, 0.1) is 0 Å². The summed E-state index contributed by atoms with van der Waals surface area (Å²) in [6.07, 6.45) is 1.66. The van der Waals surface area contributed by atoms with Crippen LogP contribution < -0.4 is 15.8 Å². The third-order valence-electron chi connectivity index (χ3n) is 4.14. The number of carbonyl (C=O) groups excluding carboxylic acids is 1. The van der Waals surface area contributed by atoms with Crippen molar-refractivity contribution >= 4 is 29.1 Å². The van der Waals surface area contributed by atoms with Crippen LogP contribution in [-0.4, -0.2) is 24.6 Å². The van der Waals surface area contributed by atoms with Gasteiger partial charge in [0.1, 0.15) is 5.75 Å². The van der Waals surface area contributed by atoms with Crippen LogP contribution >= 0.6 is 12.4 Å². The van der Waals surface area contributed by atoms with Crippen LogP contribution in [0.4, 0.5) is 0 Å². The van der Waals surface area contributed by atoms with Crippen molar-refractivity contribution in [2.24, 2.45) is 5.73 Å². The highest BCUT2D eigenvalue weighted by molar-refractivity contribution is 5.85. The number of nitrogens with two attached hydrogens (primary N) is 1. The first-order valence-electron chi connectivity index (χ1n) is 7.73. The first kappa shape index (κ1) is 19.3. The lowest BCUT2D eigenvalue weighted by atomic mass is 9.94. The van der Waals surface area contributed by atoms with Crippen molar-refractivity contribution in [2.75, 3.05) is 13.2 Å². The summed E-state index contributed by atoms with van der Waals surface area (Å²) in [5, 5.41) is 5.09. The lowest BCUT2D eigenvalue weighted by molar-refractivity contribution is -0.123. The summed E-state index contributed by atoms with van der Waals surface area (Å²) in [7, 11) is 0. The van der Waals surface area contributed by atoms with Crippen molar-refractivity contribution in [3.63, 3.8) is 0 Å². The summed E-state index contributed by atoms with van der Waals surface area (Å²) in [6, 6.07) is 13.8. The Balaban J connectivity index is 0.00000264. The highest BCUT2D eigenvalue weighted by atomic mass is 35.5. The molecule has 2 aromatic carbocycles. The first-order chi connectivity index (χ1) is 10.6. The van der Waals surface area contributed by atoms with Crippen molar-refractivity contribution < 1.29 is 9.53 Å². The number of nitrogens with one attached hydrogen (secondary N) is 1. The Morgan fingerprint density at radius 3 is 2.43 bits per heavy atom. The number of rotatable bonds is 7. The van der Waals surface area contributed by atoms with Crippen LogP contribution in [0.5, 0.6) is 5.75 Å². The van der Waals surface area contributed by atoms with E-state index in [0.717, 1.165) is 23.6 Å². The lowest BCUT2D eigenvalue weighted by Gasteiger charge is -2.26. The van der Waals surface area contributed by atoms with E-state index in [0.29, 0.717) is 12.3 Å². The van der Waals surface area contributed by atoms with Crippen LogP contribution in [0.2, 0.25) is 0 Å². The minimum atomic E-state index is -0.335. The van der Waals surface area contributed by atoms with E-state index in [2.05, 4.69) is 5.32 Å². The first-order valence-corrected chi connectivity index (χ1v) is 7.73. The van der Waals surface area contributed by atoms with Crippen LogP contribution in [0.25, 0.3) is 10.8 Å². The molecule has 0 aliphatic heterocycles. The fraction of sp³-hybridized carbons (Fsp3) is 0.389. The molecular formula is C18H25ClN2O2. The largest absolute Gasteiger partial charge is 0.484 e. The molecule has 23 heavy (non-hydrogen) atoms. The second-order valence-corrected chi connectivity index (χ2v) is 5.64. The average Bonchev–Trinajstić information content (AvgIpc) is 2.57. The van der Waals surface area contributed by atoms with Crippen molar-refractivity contribution in [2.45, 2.75) is 32.2 Å². The molecule has 0 aromatic heterocycles. The SMILES string of the molecule is CCC(N)(CC)CNC(=O)COc1ccc2ccccc2c1.Cl. The van der Waals surface area contributed by atoms with Crippen LogP contribution in [-0.2, 0) is 4.79 Å². The topological polar surface area (TPSA) is 64.3 Å². The Hall–Kier alpha value is -1.78. The fourth-order valence-electron chi connectivity index (χ4n) is 2.23. The van der Waals surface area contributed by atoms with Gasteiger partial charge in [-0.1, -0.05) is 44.2 Å². The number of amides is 1. The maximum atomic E-state index is 11.9. The van der Waals surface area contributed by atoms with Gasteiger partial charge in [0.2, 0.25) is 0 Å². The van der Waals surface area contributed by atoms with Gasteiger partial charge in [-0.25, -0.2) is 0 Å². The molecule has 0 aliphatic carbocycles. The Bertz CT molecular complexity index is 642. The lowest BCUT2D eigenvalue weighted by Crippen LogP contribution is -2.50. The van der Waals surface area contributed by atoms with Crippen LogP contribution in [0, 0.1) is 0 Å². The number of halogens is 1. The number of hydrogen-bond donors (Lipinski definition) is 2. The minimum Gasteiger partial charge on any atom is -0.484 e. The van der Waals surface area contributed by atoms with E-state index in [4.69, 9.17) is 10.5 Å². The van der Waals surface area contributed by atoms with Crippen LogP contribution in [0.3, 0.4) is 0 Å². The van der Waals surface area contributed by atoms with E-state index >= 15 is 0 Å². The Morgan fingerprint density at radius 1 is 1.13 bits per heavy atom. The molecule has 126 valence electrons. The highest BCUT2D eigenvalue weighted by Gasteiger charge is 2.20. The molecule has 2 rings (SSSR count). The third-order valence-corrected chi connectivity index (χ3v) is 4.14. The second kappa shape index (κ2) is 8.75. The molecule has 4 nitrogen and oxygen atoms in total. The molecule has 0 atom stereocenters. The van der Waals surface area contributed by atoms with Crippen LogP contribution in [0.1, 0.15) is 26.7 Å². The zero-order chi connectivity index (χ0) is 16.0. The molecule has 0 saturated carbocycles. The summed E-state index contributed by atoms with van der Waals surface area (Å²) in [5.74, 6) is 0.545. The zero-order valence-electron chi connectivity index (χ0n) is 13.7. The Kier molecular flexibility index (Phi) is 7.33. The molecule has 0 heterocycles. The molecule has 0 bridgehead atoms. The quantitative estimate of drug-likeness (QED) is 0.815. The van der Waals surface area contributed by atoms with Crippen molar-refractivity contribution in [1.82, 2.24) is 5.32 Å². The van der Waals surface area contributed by atoms with Gasteiger partial charge in [-0.05, 0) is 35.7 Å². The highest BCUT2D eigenvalue weighted by Crippen LogP contribution is 2.20. The Labute approximate surface area is 143 Å². The van der Waals surface area contributed by atoms with Crippen LogP contribution in [0.15, 0.2) is 42.5 Å². The van der Waals surface area contributed by atoms with E-state index < -0.39 is 0 Å². The summed E-state index contributed by atoms with van der Waals surface area (Å²) in [5.41, 5.74) is 5.82. The number of ether oxygens (including phenoxy) is 1. The summed E-state index contributed by atoms with van der Waals surface area (Å²) in [6.45, 7) is 4.53. The van der Waals surface area contributed by atoms with Gasteiger partial charge < -0.3 is 15.8 Å². The molecule has 3 N–H and O–H groups in total. The predicted octanol–water partition coefficient (Wildman–Crippen LogP) is 3.27. The molecule has 2 aromatic rings. The minimum absolute atomic E-state index is 0. The van der Waals surface area contributed by atoms with E-state index in [1.54, 1.807) is 0 Å². The van der Waals surface area contributed by atoms with E-state index in [1.807, 2.05) is 56.3 Å². The van der Waals surface area contributed by atoms with Crippen molar-refractivity contribution in [1.29, 1.82) is 0 Å². The van der Waals surface area contributed by atoms with E-state index in [-0.39, 0.29) is 30.5 Å². The number of hydrogen-bond acceptors (Lipinski definition) is 3. The smallest absolute Gasteiger partial charge is 0.258 e. The van der Waals surface area contributed by atoms with E-state index in [9.17, 15) is 4.79 Å². The maximum Gasteiger partial charge on any atom is 0.258 e. The predicted molar refractivity (Wildman–Crippen MR) is 97.2 cm³/mol. The van der Waals surface area contributed by atoms with Crippen molar-refractivity contribution in [3.05, 3.63) is 42.5 Å². The molecule has 0 unspecified atom stereocenters. The standard InChI is InChI=1S/C18H24N2O2.ClH/c1-3-18(19,4-2)13-20-17(21)12-22-16-10-9-14-7-5-6-8-15(14)11-16;/h5-11H,3-4,12-13,19H2,1-2H3,(H,20,21);1H. The van der Waals surface area contributed by atoms with Gasteiger partial charge in [-0.3, -0.25) is 4.79 Å². The van der Waals surface area contributed by atoms with Gasteiger partial charge in [0, 0.05) is 12.1 Å². The van der Waals surface area contributed by atoms with Gasteiger partial charge in [-0.15, -0.1) is 12.4 Å². The van der Waals surface area contributed by atoms with Gasteiger partial charge >= 0.3 is 0 Å². The molecule has 0 radical (unpaired) electrons. The van der Waals surface area contributed by atoms with Gasteiger partial charge in [0.15, 0.2) is 6.61 Å². The molecular weight excluding hydrogens is 312 g/mol. The zero-order valence-corrected chi connectivity index (χ0v) is 14.5. The number of benzene rings is 2. The summed E-state index contributed by atoms with van der Waals surface area (Å²) >= 11 is 0. The maximum absolute atomic E-state index is 11.9. The third kappa shape index (κ3) is 5.41. The Morgan fingerprint density at radius 2 is 1.78 bits per heavy atom. The summed E-state index contributed by atoms with van der Waals surface area (Å²) < 4.78 is 5.56. The second-order valence-electron chi connectivity index (χ2n) is 5.64. The molecule has 1 amide bonds. The molecule has 5 heteroatoms. The average molecular weight is 337 g/mol. The molecule has 0 saturated heterocycles. The number of fused-ring (bicyclic) bond motifs is 1. The molecule has 0 aliphatic rings. The fourth-order valence-corrected chi connectivity index (χ4v) is 2.23. The monoisotopic (exact) mass is 336 g/mol.